The van der Waals surface area contributed by atoms with Crippen molar-refractivity contribution in [2.24, 2.45) is 17.6 Å². The maximum Gasteiger partial charge on any atom is 0.230 e. The second kappa shape index (κ2) is 4.42. The van der Waals surface area contributed by atoms with Crippen LogP contribution in [0.3, 0.4) is 0 Å². The molecule has 0 unspecified atom stereocenters. The van der Waals surface area contributed by atoms with Gasteiger partial charge in [0.05, 0.1) is 5.41 Å². The molecule has 1 heterocycles. The summed E-state index contributed by atoms with van der Waals surface area (Å²) in [5.41, 5.74) is 7.48. The zero-order valence-corrected chi connectivity index (χ0v) is 12.6. The third kappa shape index (κ3) is 1.67. The third-order valence-electron chi connectivity index (χ3n) is 6.20. The molecule has 1 aromatic carbocycles. The zero-order valence-electron chi connectivity index (χ0n) is 12.6. The van der Waals surface area contributed by atoms with Gasteiger partial charge in [0, 0.05) is 12.0 Å². The molecule has 22 heavy (non-hydrogen) atoms. The minimum atomic E-state index is -0.0211. The molecule has 0 spiro atoms. The van der Waals surface area contributed by atoms with Crippen LogP contribution in [0.5, 0.6) is 0 Å². The highest BCUT2D eigenvalue weighted by Gasteiger charge is 2.55. The van der Waals surface area contributed by atoms with Gasteiger partial charge in [-0.25, -0.2) is 0 Å². The molecule has 0 bridgehead atoms. The number of benzene rings is 1. The Kier molecular flexibility index (Phi) is 2.57. The fourth-order valence-electron chi connectivity index (χ4n) is 4.63. The minimum Gasteiger partial charge on any atom is -0.339 e. The molecule has 114 valence electrons. The summed E-state index contributed by atoms with van der Waals surface area (Å²) in [5.74, 6) is 3.51. The van der Waals surface area contributed by atoms with Crippen molar-refractivity contribution in [3.63, 3.8) is 0 Å². The monoisotopic (exact) mass is 295 g/mol. The zero-order chi connectivity index (χ0) is 14.7. The predicted octanol–water partition coefficient (Wildman–Crippen LogP) is 2.99. The maximum absolute atomic E-state index is 6.18. The molecule has 2 N–H and O–H groups in total. The van der Waals surface area contributed by atoms with Crippen LogP contribution in [-0.2, 0) is 5.41 Å². The van der Waals surface area contributed by atoms with Crippen LogP contribution in [0.4, 0.5) is 0 Å². The number of rotatable bonds is 3. The molecule has 4 atom stereocenters. The lowest BCUT2D eigenvalue weighted by molar-refractivity contribution is 0.269. The number of nitrogens with zero attached hydrogens (tertiary/aromatic N) is 2. The lowest BCUT2D eigenvalue weighted by Crippen LogP contribution is -2.36. The topological polar surface area (TPSA) is 64.9 Å². The first kappa shape index (κ1) is 12.8. The van der Waals surface area contributed by atoms with Crippen molar-refractivity contribution in [2.45, 2.75) is 49.5 Å². The van der Waals surface area contributed by atoms with Crippen molar-refractivity contribution < 1.29 is 4.52 Å². The first-order chi connectivity index (χ1) is 10.8. The minimum absolute atomic E-state index is 0.0211. The smallest absolute Gasteiger partial charge is 0.230 e. The molecule has 0 saturated heterocycles. The van der Waals surface area contributed by atoms with Crippen molar-refractivity contribution in [2.75, 3.05) is 0 Å². The molecule has 4 heteroatoms. The van der Waals surface area contributed by atoms with E-state index in [1.54, 1.807) is 0 Å². The van der Waals surface area contributed by atoms with Gasteiger partial charge in [-0.15, -0.1) is 0 Å². The van der Waals surface area contributed by atoms with E-state index < -0.39 is 0 Å². The number of hydrogen-bond acceptors (Lipinski definition) is 4. The summed E-state index contributed by atoms with van der Waals surface area (Å²) in [4.78, 5) is 4.84. The Morgan fingerprint density at radius 3 is 2.50 bits per heavy atom. The van der Waals surface area contributed by atoms with Crippen molar-refractivity contribution in [3.05, 3.63) is 47.6 Å². The molecule has 3 aliphatic rings. The Balaban J connectivity index is 1.48. The highest BCUT2D eigenvalue weighted by Crippen LogP contribution is 2.58. The van der Waals surface area contributed by atoms with Crippen LogP contribution < -0.4 is 5.73 Å². The van der Waals surface area contributed by atoms with Crippen molar-refractivity contribution in [3.8, 4) is 0 Å². The summed E-state index contributed by atoms with van der Waals surface area (Å²) in [6, 6.07) is 11.0. The molecule has 3 aliphatic carbocycles. The van der Waals surface area contributed by atoms with Crippen LogP contribution in [0.1, 0.15) is 55.3 Å². The quantitative estimate of drug-likeness (QED) is 0.945. The van der Waals surface area contributed by atoms with Crippen LogP contribution in [-0.4, -0.2) is 16.2 Å². The van der Waals surface area contributed by atoms with Gasteiger partial charge in [-0.1, -0.05) is 41.9 Å². The molecule has 1 aromatic heterocycles. The fraction of sp³-hybridized carbons (Fsp3) is 0.556. The fourth-order valence-corrected chi connectivity index (χ4v) is 4.63. The Morgan fingerprint density at radius 2 is 1.91 bits per heavy atom. The van der Waals surface area contributed by atoms with Crippen LogP contribution in [0, 0.1) is 11.8 Å². The van der Waals surface area contributed by atoms with Gasteiger partial charge in [-0.3, -0.25) is 0 Å². The van der Waals surface area contributed by atoms with E-state index in [2.05, 4.69) is 35.5 Å². The second-order valence-electron chi connectivity index (χ2n) is 7.33. The first-order valence-corrected chi connectivity index (χ1v) is 8.43. The normalized spacial score (nSPS) is 35.0. The molecular formula is C18H21N3O. The number of aromatic nitrogens is 2. The molecule has 4 nitrogen and oxygen atoms in total. The first-order valence-electron chi connectivity index (χ1n) is 8.43. The third-order valence-corrected chi connectivity index (χ3v) is 6.20. The van der Waals surface area contributed by atoms with Gasteiger partial charge in [-0.05, 0) is 43.1 Å². The van der Waals surface area contributed by atoms with E-state index in [9.17, 15) is 0 Å². The van der Waals surface area contributed by atoms with Crippen LogP contribution in [0.25, 0.3) is 0 Å². The van der Waals surface area contributed by atoms with Gasteiger partial charge in [0.25, 0.3) is 0 Å². The summed E-state index contributed by atoms with van der Waals surface area (Å²) in [5, 5.41) is 4.38. The van der Waals surface area contributed by atoms with Crippen LogP contribution in [0.15, 0.2) is 34.9 Å². The summed E-state index contributed by atoms with van der Waals surface area (Å²) >= 11 is 0. The van der Waals surface area contributed by atoms with Gasteiger partial charge in [0.2, 0.25) is 5.89 Å². The Hall–Kier alpha value is -1.68. The van der Waals surface area contributed by atoms with E-state index in [4.69, 9.17) is 15.2 Å². The number of fused-ring (bicyclic) bond motifs is 1. The van der Waals surface area contributed by atoms with E-state index in [0.29, 0.717) is 23.8 Å². The maximum atomic E-state index is 6.18. The van der Waals surface area contributed by atoms with Gasteiger partial charge in [-0.2, -0.15) is 4.98 Å². The number of nitrogens with two attached hydrogens (primary N) is 1. The highest BCUT2D eigenvalue weighted by molar-refractivity contribution is 5.35. The number of hydrogen-bond donors (Lipinski definition) is 1. The highest BCUT2D eigenvalue weighted by atomic mass is 16.5. The van der Waals surface area contributed by atoms with E-state index in [0.717, 1.165) is 31.0 Å². The SMILES string of the molecule is N[C@@H]1C[C@H](c2nc(C3(c4ccccc4)CCC3)no2)[C@H]2C[C@H]21. The largest absolute Gasteiger partial charge is 0.339 e. The molecule has 2 aromatic rings. The molecule has 0 aliphatic heterocycles. The van der Waals surface area contributed by atoms with E-state index in [1.807, 2.05) is 0 Å². The van der Waals surface area contributed by atoms with E-state index in [-0.39, 0.29) is 5.41 Å². The molecular weight excluding hydrogens is 274 g/mol. The Bertz CT molecular complexity index is 691. The summed E-state index contributed by atoms with van der Waals surface area (Å²) < 4.78 is 5.68. The van der Waals surface area contributed by atoms with E-state index in [1.165, 1.54) is 18.4 Å². The summed E-state index contributed by atoms with van der Waals surface area (Å²) in [6.07, 6.45) is 5.72. The Morgan fingerprint density at radius 1 is 1.09 bits per heavy atom. The molecule has 3 saturated carbocycles. The summed E-state index contributed by atoms with van der Waals surface area (Å²) in [6.45, 7) is 0. The van der Waals surface area contributed by atoms with Crippen LogP contribution in [0.2, 0.25) is 0 Å². The Labute approximate surface area is 130 Å². The summed E-state index contributed by atoms with van der Waals surface area (Å²) in [7, 11) is 0. The lowest BCUT2D eigenvalue weighted by atomic mass is 9.64. The van der Waals surface area contributed by atoms with Gasteiger partial charge in [0.1, 0.15) is 0 Å². The lowest BCUT2D eigenvalue weighted by Gasteiger charge is -2.39. The molecule has 5 rings (SSSR count). The standard InChI is InChI=1S/C18H21N3O/c19-15-10-14(12-9-13(12)15)16-20-17(21-22-16)18(7-4-8-18)11-5-2-1-3-6-11/h1-3,5-6,12-15H,4,7-10,19H2/t12-,13+,14-,15+/m0/s1. The molecule has 0 radical (unpaired) electrons. The van der Waals surface area contributed by atoms with Gasteiger partial charge < -0.3 is 10.3 Å². The van der Waals surface area contributed by atoms with Crippen molar-refractivity contribution in [1.29, 1.82) is 0 Å². The van der Waals surface area contributed by atoms with Crippen molar-refractivity contribution in [1.82, 2.24) is 10.1 Å². The average Bonchev–Trinajstić information content (AvgIpc) is 3.03. The molecule has 3 fully saturated rings. The van der Waals surface area contributed by atoms with Crippen molar-refractivity contribution >= 4 is 0 Å². The van der Waals surface area contributed by atoms with Crippen LogP contribution >= 0.6 is 0 Å². The van der Waals surface area contributed by atoms with E-state index >= 15 is 0 Å². The van der Waals surface area contributed by atoms with Gasteiger partial charge in [0.15, 0.2) is 5.82 Å². The average molecular weight is 295 g/mol. The second-order valence-corrected chi connectivity index (χ2v) is 7.33. The van der Waals surface area contributed by atoms with Gasteiger partial charge >= 0.3 is 0 Å². The molecule has 0 amide bonds. The predicted molar refractivity (Wildman–Crippen MR) is 82.3 cm³/mol.